The van der Waals surface area contributed by atoms with E-state index >= 15 is 0 Å². The molecular formula is C13H14N4O2S. The molecule has 1 amide bonds. The zero-order valence-corrected chi connectivity index (χ0v) is 11.7. The van der Waals surface area contributed by atoms with Gasteiger partial charge in [-0.25, -0.2) is 10.8 Å². The maximum atomic E-state index is 12.1. The van der Waals surface area contributed by atoms with Crippen LogP contribution in [0.25, 0.3) is 11.3 Å². The minimum atomic E-state index is -0.448. The van der Waals surface area contributed by atoms with Crippen molar-refractivity contribution < 1.29 is 4.79 Å². The smallest absolute Gasteiger partial charge is 0.255 e. The van der Waals surface area contributed by atoms with Crippen LogP contribution < -0.4 is 16.8 Å². The summed E-state index contributed by atoms with van der Waals surface area (Å²) in [7, 11) is 0. The van der Waals surface area contributed by atoms with Crippen molar-refractivity contribution in [2.75, 3.05) is 6.26 Å². The van der Waals surface area contributed by atoms with Crippen molar-refractivity contribution in [2.24, 2.45) is 5.84 Å². The lowest BCUT2D eigenvalue weighted by molar-refractivity contribution is -0.121. The van der Waals surface area contributed by atoms with Crippen LogP contribution in [-0.4, -0.2) is 21.7 Å². The van der Waals surface area contributed by atoms with E-state index in [9.17, 15) is 9.59 Å². The van der Waals surface area contributed by atoms with Gasteiger partial charge >= 0.3 is 0 Å². The molecule has 0 atom stereocenters. The van der Waals surface area contributed by atoms with Gasteiger partial charge in [-0.2, -0.15) is 0 Å². The molecule has 7 heteroatoms. The Hall–Kier alpha value is -2.12. The van der Waals surface area contributed by atoms with Gasteiger partial charge in [-0.15, -0.1) is 0 Å². The first-order valence-corrected chi connectivity index (χ1v) is 7.09. The summed E-state index contributed by atoms with van der Waals surface area (Å²) < 4.78 is 1.29. The molecule has 1 aromatic heterocycles. The Morgan fingerprint density at radius 3 is 2.70 bits per heavy atom. The zero-order valence-electron chi connectivity index (χ0n) is 10.9. The Balaban J connectivity index is 2.48. The molecule has 104 valence electrons. The molecule has 2 rings (SSSR count). The van der Waals surface area contributed by atoms with E-state index in [4.69, 9.17) is 5.84 Å². The van der Waals surface area contributed by atoms with Gasteiger partial charge < -0.3 is 0 Å². The van der Waals surface area contributed by atoms with E-state index in [1.807, 2.05) is 35.8 Å². The Bertz CT molecular complexity index is 670. The summed E-state index contributed by atoms with van der Waals surface area (Å²) >= 11 is 1.30. The maximum absolute atomic E-state index is 12.1. The molecule has 20 heavy (non-hydrogen) atoms. The number of hydrogen-bond donors (Lipinski definition) is 2. The fourth-order valence-electron chi connectivity index (χ4n) is 1.73. The van der Waals surface area contributed by atoms with Crippen LogP contribution >= 0.6 is 11.8 Å². The molecule has 0 aliphatic carbocycles. The van der Waals surface area contributed by atoms with E-state index in [0.717, 1.165) is 5.56 Å². The molecule has 0 fully saturated rings. The zero-order chi connectivity index (χ0) is 14.5. The largest absolute Gasteiger partial charge is 0.293 e. The quantitative estimate of drug-likeness (QED) is 0.283. The van der Waals surface area contributed by atoms with Crippen molar-refractivity contribution in [2.45, 2.75) is 11.7 Å². The van der Waals surface area contributed by atoms with Crippen molar-refractivity contribution in [3.8, 4) is 11.3 Å². The lowest BCUT2D eigenvalue weighted by atomic mass is 10.1. The van der Waals surface area contributed by atoms with Crippen LogP contribution in [0.1, 0.15) is 0 Å². The Morgan fingerprint density at radius 2 is 2.10 bits per heavy atom. The number of hydrazine groups is 1. The van der Waals surface area contributed by atoms with Crippen LogP contribution in [0, 0.1) is 0 Å². The summed E-state index contributed by atoms with van der Waals surface area (Å²) in [5.41, 5.74) is 3.16. The highest BCUT2D eigenvalue weighted by Gasteiger charge is 2.11. The molecule has 0 saturated carbocycles. The molecule has 3 N–H and O–H groups in total. The average molecular weight is 290 g/mol. The standard InChI is InChI=1S/C13H14N4O2S/c1-20-13-15-10(9-5-3-2-4-6-9)7-12(19)17(13)8-11(18)16-14/h2-7H,8,14H2,1H3,(H,16,18). The predicted octanol–water partition coefficient (Wildman–Crippen LogP) is 0.622. The topological polar surface area (TPSA) is 90.0 Å². The van der Waals surface area contributed by atoms with Gasteiger partial charge in [0.25, 0.3) is 11.5 Å². The Kier molecular flexibility index (Phi) is 4.54. The molecule has 0 spiro atoms. The predicted molar refractivity (Wildman–Crippen MR) is 78.0 cm³/mol. The van der Waals surface area contributed by atoms with Crippen LogP contribution in [-0.2, 0) is 11.3 Å². The fraction of sp³-hybridized carbons (Fsp3) is 0.154. The van der Waals surface area contributed by atoms with E-state index in [0.29, 0.717) is 10.9 Å². The summed E-state index contributed by atoms with van der Waals surface area (Å²) in [6.45, 7) is -0.145. The van der Waals surface area contributed by atoms with Gasteiger partial charge in [0.2, 0.25) is 0 Å². The number of aromatic nitrogens is 2. The second kappa shape index (κ2) is 6.36. The van der Waals surface area contributed by atoms with Crippen molar-refractivity contribution >= 4 is 17.7 Å². The van der Waals surface area contributed by atoms with Crippen molar-refractivity contribution in [1.82, 2.24) is 15.0 Å². The number of benzene rings is 1. The van der Waals surface area contributed by atoms with Gasteiger partial charge in [0.1, 0.15) is 6.54 Å². The van der Waals surface area contributed by atoms with E-state index in [1.54, 1.807) is 6.26 Å². The Morgan fingerprint density at radius 1 is 1.40 bits per heavy atom. The summed E-state index contributed by atoms with van der Waals surface area (Å²) in [4.78, 5) is 27.9. The summed E-state index contributed by atoms with van der Waals surface area (Å²) in [5.74, 6) is 4.59. The molecule has 0 unspecified atom stereocenters. The number of thioether (sulfide) groups is 1. The SMILES string of the molecule is CSc1nc(-c2ccccc2)cc(=O)n1CC(=O)NN. The molecule has 2 aromatic rings. The number of nitrogens with one attached hydrogen (secondary N) is 1. The number of amides is 1. The first-order chi connectivity index (χ1) is 9.65. The first-order valence-electron chi connectivity index (χ1n) is 5.86. The van der Waals surface area contributed by atoms with Gasteiger partial charge in [-0.1, -0.05) is 42.1 Å². The van der Waals surface area contributed by atoms with Crippen LogP contribution in [0.5, 0.6) is 0 Å². The van der Waals surface area contributed by atoms with Gasteiger partial charge in [-0.05, 0) is 6.26 Å². The lowest BCUT2D eigenvalue weighted by Crippen LogP contribution is -2.37. The fourth-order valence-corrected chi connectivity index (χ4v) is 2.30. The van der Waals surface area contributed by atoms with Gasteiger partial charge in [0.15, 0.2) is 5.16 Å². The number of carbonyl (C=O) groups is 1. The molecule has 6 nitrogen and oxygen atoms in total. The molecule has 0 saturated heterocycles. The van der Waals surface area contributed by atoms with Crippen LogP contribution in [0.4, 0.5) is 0 Å². The third-order valence-corrected chi connectivity index (χ3v) is 3.36. The van der Waals surface area contributed by atoms with Crippen LogP contribution in [0.3, 0.4) is 0 Å². The number of hydrogen-bond acceptors (Lipinski definition) is 5. The number of rotatable bonds is 4. The summed E-state index contributed by atoms with van der Waals surface area (Å²) in [6.07, 6.45) is 1.80. The highest BCUT2D eigenvalue weighted by Crippen LogP contribution is 2.18. The van der Waals surface area contributed by atoms with Crippen LogP contribution in [0.15, 0.2) is 46.3 Å². The number of carbonyl (C=O) groups excluding carboxylic acids is 1. The van der Waals surface area contributed by atoms with Crippen molar-refractivity contribution in [3.05, 3.63) is 46.8 Å². The monoisotopic (exact) mass is 290 g/mol. The summed E-state index contributed by atoms with van der Waals surface area (Å²) in [6, 6.07) is 10.8. The third-order valence-electron chi connectivity index (χ3n) is 2.69. The van der Waals surface area contributed by atoms with Gasteiger partial charge in [-0.3, -0.25) is 19.6 Å². The average Bonchev–Trinajstić information content (AvgIpc) is 2.49. The Labute approximate surface area is 120 Å². The highest BCUT2D eigenvalue weighted by molar-refractivity contribution is 7.98. The van der Waals surface area contributed by atoms with E-state index < -0.39 is 5.91 Å². The van der Waals surface area contributed by atoms with Crippen LogP contribution in [0.2, 0.25) is 0 Å². The van der Waals surface area contributed by atoms with Gasteiger partial charge in [0, 0.05) is 11.6 Å². The summed E-state index contributed by atoms with van der Waals surface area (Å²) in [5, 5.41) is 0.472. The number of nitrogens with zero attached hydrogens (tertiary/aromatic N) is 2. The minimum absolute atomic E-state index is 0.145. The second-order valence-corrected chi connectivity index (χ2v) is 4.76. The van der Waals surface area contributed by atoms with E-state index in [-0.39, 0.29) is 12.1 Å². The lowest BCUT2D eigenvalue weighted by Gasteiger charge is -2.11. The maximum Gasteiger partial charge on any atom is 0.255 e. The molecular weight excluding hydrogens is 276 g/mol. The van der Waals surface area contributed by atoms with E-state index in [2.05, 4.69) is 4.98 Å². The van der Waals surface area contributed by atoms with Gasteiger partial charge in [0.05, 0.1) is 5.69 Å². The number of nitrogens with two attached hydrogens (primary N) is 1. The van der Waals surface area contributed by atoms with E-state index in [1.165, 1.54) is 22.4 Å². The highest BCUT2D eigenvalue weighted by atomic mass is 32.2. The molecule has 0 radical (unpaired) electrons. The molecule has 1 heterocycles. The normalized spacial score (nSPS) is 10.3. The first kappa shape index (κ1) is 14.3. The molecule has 0 aliphatic heterocycles. The van der Waals surface area contributed by atoms with Crippen molar-refractivity contribution in [3.63, 3.8) is 0 Å². The molecule has 0 aliphatic rings. The second-order valence-electron chi connectivity index (χ2n) is 3.99. The third kappa shape index (κ3) is 3.06. The molecule has 0 bridgehead atoms. The minimum Gasteiger partial charge on any atom is -0.293 e. The molecule has 1 aromatic carbocycles. The van der Waals surface area contributed by atoms with Crippen molar-refractivity contribution in [1.29, 1.82) is 0 Å².